The highest BCUT2D eigenvalue weighted by molar-refractivity contribution is 8.01. The van der Waals surface area contributed by atoms with Crippen molar-refractivity contribution in [2.45, 2.75) is 25.1 Å². The fraction of sp³-hybridized carbons (Fsp3) is 1.00. The molecule has 0 aromatic carbocycles. The van der Waals surface area contributed by atoms with Gasteiger partial charge in [0, 0.05) is 23.8 Å². The van der Waals surface area contributed by atoms with Crippen molar-refractivity contribution in [2.75, 3.05) is 43.1 Å². The Morgan fingerprint density at radius 2 is 1.95 bits per heavy atom. The predicted molar refractivity (Wildman–Crippen MR) is 84.2 cm³/mol. The van der Waals surface area contributed by atoms with Crippen LogP contribution in [0.25, 0.3) is 0 Å². The van der Waals surface area contributed by atoms with Crippen LogP contribution in [0.3, 0.4) is 0 Å². The number of unbranched alkanes of at least 4 members (excludes halogenated alkanes) is 1. The number of hydrogen-bond donors (Lipinski definition) is 1. The molecule has 1 aliphatic heterocycles. The first-order valence-electron chi connectivity index (χ1n) is 6.78. The first-order chi connectivity index (χ1) is 9.35. The minimum atomic E-state index is -3.49. The zero-order valence-corrected chi connectivity index (χ0v) is 14.5. The van der Waals surface area contributed by atoms with Crippen molar-refractivity contribution < 1.29 is 16.8 Å². The van der Waals surface area contributed by atoms with E-state index in [1.165, 1.54) is 16.1 Å². The van der Waals surface area contributed by atoms with E-state index >= 15 is 0 Å². The second kappa shape index (κ2) is 7.98. The van der Waals surface area contributed by atoms with Crippen LogP contribution in [0.4, 0.5) is 0 Å². The lowest BCUT2D eigenvalue weighted by atomic mass is 10.3. The molecule has 0 saturated carbocycles. The zero-order valence-electron chi connectivity index (χ0n) is 12.0. The molecule has 0 aromatic heterocycles. The lowest BCUT2D eigenvalue weighted by Gasteiger charge is -2.33. The van der Waals surface area contributed by atoms with Crippen LogP contribution in [0, 0.1) is 0 Å². The Kier molecular flexibility index (Phi) is 7.27. The third kappa shape index (κ3) is 4.87. The van der Waals surface area contributed by atoms with Gasteiger partial charge in [-0.25, -0.2) is 16.8 Å². The van der Waals surface area contributed by atoms with Gasteiger partial charge in [0.15, 0.2) is 9.84 Å². The van der Waals surface area contributed by atoms with E-state index in [2.05, 4.69) is 5.32 Å². The SMILES string of the molecule is CCS(=O)(=O)C1CSCCN1S(=O)(=O)CCCCNC. The molecule has 1 N–H and O–H groups in total. The molecule has 1 atom stereocenters. The number of nitrogens with one attached hydrogen (secondary N) is 1. The topological polar surface area (TPSA) is 83.6 Å². The third-order valence-electron chi connectivity index (χ3n) is 3.29. The number of sulfonamides is 1. The van der Waals surface area contributed by atoms with Gasteiger partial charge in [0.2, 0.25) is 10.0 Å². The third-order valence-corrected chi connectivity index (χ3v) is 8.67. The lowest BCUT2D eigenvalue weighted by molar-refractivity contribution is 0.402. The molecule has 1 fully saturated rings. The second-order valence-electron chi connectivity index (χ2n) is 4.72. The summed E-state index contributed by atoms with van der Waals surface area (Å²) in [4.78, 5) is 0. The summed E-state index contributed by atoms with van der Waals surface area (Å²) in [6.45, 7) is 2.62. The van der Waals surface area contributed by atoms with Crippen molar-refractivity contribution >= 4 is 31.6 Å². The maximum absolute atomic E-state index is 12.4. The van der Waals surface area contributed by atoms with Crippen molar-refractivity contribution in [3.8, 4) is 0 Å². The van der Waals surface area contributed by atoms with Crippen molar-refractivity contribution in [1.29, 1.82) is 0 Å². The minimum Gasteiger partial charge on any atom is -0.320 e. The molecular weight excluding hydrogens is 320 g/mol. The summed E-state index contributed by atoms with van der Waals surface area (Å²) in [6.07, 6.45) is 1.31. The van der Waals surface area contributed by atoms with E-state index in [9.17, 15) is 16.8 Å². The molecule has 1 unspecified atom stereocenters. The van der Waals surface area contributed by atoms with E-state index < -0.39 is 25.2 Å². The Hall–Kier alpha value is 0.170. The highest BCUT2D eigenvalue weighted by Crippen LogP contribution is 2.24. The van der Waals surface area contributed by atoms with Gasteiger partial charge in [-0.2, -0.15) is 16.1 Å². The van der Waals surface area contributed by atoms with Gasteiger partial charge in [-0.3, -0.25) is 0 Å². The van der Waals surface area contributed by atoms with E-state index in [0.717, 1.165) is 13.0 Å². The molecule has 1 rings (SSSR count). The maximum atomic E-state index is 12.4. The van der Waals surface area contributed by atoms with Crippen LogP contribution in [0.5, 0.6) is 0 Å². The Labute approximate surface area is 126 Å². The molecule has 1 saturated heterocycles. The smallest absolute Gasteiger partial charge is 0.215 e. The first kappa shape index (κ1) is 18.2. The van der Waals surface area contributed by atoms with E-state index in [-0.39, 0.29) is 11.5 Å². The summed E-state index contributed by atoms with van der Waals surface area (Å²) in [6, 6.07) is 0. The van der Waals surface area contributed by atoms with Crippen LogP contribution >= 0.6 is 11.8 Å². The molecule has 0 amide bonds. The number of hydrogen-bond acceptors (Lipinski definition) is 6. The molecule has 9 heteroatoms. The van der Waals surface area contributed by atoms with E-state index in [1.54, 1.807) is 6.92 Å². The molecule has 0 spiro atoms. The largest absolute Gasteiger partial charge is 0.320 e. The summed E-state index contributed by atoms with van der Waals surface area (Å²) in [5.41, 5.74) is 0. The second-order valence-corrected chi connectivity index (χ2v) is 10.4. The number of nitrogens with zero attached hydrogens (tertiary/aromatic N) is 1. The molecule has 6 nitrogen and oxygen atoms in total. The van der Waals surface area contributed by atoms with Crippen molar-refractivity contribution in [3.05, 3.63) is 0 Å². The fourth-order valence-corrected chi connectivity index (χ4v) is 7.51. The van der Waals surface area contributed by atoms with Crippen molar-refractivity contribution in [2.24, 2.45) is 0 Å². The highest BCUT2D eigenvalue weighted by Gasteiger charge is 2.39. The van der Waals surface area contributed by atoms with Crippen LogP contribution in [0.2, 0.25) is 0 Å². The molecule has 0 aromatic rings. The normalized spacial score (nSPS) is 22.0. The van der Waals surface area contributed by atoms with Crippen LogP contribution < -0.4 is 5.32 Å². The monoisotopic (exact) mass is 344 g/mol. The molecular formula is C11H24N2O4S3. The van der Waals surface area contributed by atoms with Gasteiger partial charge in [-0.1, -0.05) is 6.92 Å². The van der Waals surface area contributed by atoms with Gasteiger partial charge >= 0.3 is 0 Å². The number of rotatable bonds is 8. The lowest BCUT2D eigenvalue weighted by Crippen LogP contribution is -2.51. The minimum absolute atomic E-state index is 0.0229. The maximum Gasteiger partial charge on any atom is 0.215 e. The van der Waals surface area contributed by atoms with Gasteiger partial charge in [0.25, 0.3) is 0 Å². The highest BCUT2D eigenvalue weighted by atomic mass is 32.2. The molecule has 20 heavy (non-hydrogen) atoms. The average Bonchev–Trinajstić information content (AvgIpc) is 2.43. The standard InChI is InChI=1S/C11H24N2O4S3/c1-3-19(14,15)11-10-18-8-7-13(11)20(16,17)9-5-4-6-12-2/h11-12H,3-10H2,1-2H3. The Balaban J connectivity index is 2.79. The molecule has 1 aliphatic rings. The Bertz CT molecular complexity index is 490. The summed E-state index contributed by atoms with van der Waals surface area (Å²) < 4.78 is 50.0. The average molecular weight is 345 g/mol. The van der Waals surface area contributed by atoms with E-state index in [0.29, 0.717) is 24.5 Å². The Morgan fingerprint density at radius 1 is 1.25 bits per heavy atom. The number of sulfone groups is 1. The number of thioether (sulfide) groups is 1. The predicted octanol–water partition coefficient (Wildman–Crippen LogP) is 0.125. The van der Waals surface area contributed by atoms with Crippen LogP contribution in [-0.4, -0.2) is 69.7 Å². The van der Waals surface area contributed by atoms with Crippen LogP contribution in [0.15, 0.2) is 0 Å². The van der Waals surface area contributed by atoms with E-state index in [4.69, 9.17) is 0 Å². The molecule has 1 heterocycles. The molecule has 120 valence electrons. The zero-order chi connectivity index (χ0) is 15.2. The molecule has 0 aliphatic carbocycles. The van der Waals surface area contributed by atoms with Gasteiger partial charge in [0.1, 0.15) is 5.37 Å². The van der Waals surface area contributed by atoms with Gasteiger partial charge in [-0.15, -0.1) is 0 Å². The summed E-state index contributed by atoms with van der Waals surface area (Å²) in [7, 11) is -5.05. The van der Waals surface area contributed by atoms with Gasteiger partial charge < -0.3 is 5.32 Å². The van der Waals surface area contributed by atoms with E-state index in [1.807, 2.05) is 7.05 Å². The summed E-state index contributed by atoms with van der Waals surface area (Å²) >= 11 is 1.50. The van der Waals surface area contributed by atoms with Gasteiger partial charge in [-0.05, 0) is 26.4 Å². The first-order valence-corrected chi connectivity index (χ1v) is 11.3. The molecule has 0 bridgehead atoms. The van der Waals surface area contributed by atoms with Crippen LogP contribution in [-0.2, 0) is 19.9 Å². The fourth-order valence-electron chi connectivity index (χ4n) is 2.06. The quantitative estimate of drug-likeness (QED) is 0.630. The molecule has 0 radical (unpaired) electrons. The summed E-state index contributed by atoms with van der Waals surface area (Å²) in [5, 5.41) is 2.08. The van der Waals surface area contributed by atoms with Crippen molar-refractivity contribution in [3.63, 3.8) is 0 Å². The Morgan fingerprint density at radius 3 is 2.55 bits per heavy atom. The van der Waals surface area contributed by atoms with Crippen molar-refractivity contribution in [1.82, 2.24) is 9.62 Å². The van der Waals surface area contributed by atoms with Gasteiger partial charge in [0.05, 0.1) is 5.75 Å². The van der Waals surface area contributed by atoms with Crippen LogP contribution in [0.1, 0.15) is 19.8 Å². The summed E-state index contributed by atoms with van der Waals surface area (Å²) in [5.74, 6) is 0.997.